The average Bonchev–Trinajstić information content (AvgIpc) is 2.97. The van der Waals surface area contributed by atoms with E-state index < -0.39 is 51.9 Å². The number of halogens is 5. The van der Waals surface area contributed by atoms with Gasteiger partial charge in [0, 0.05) is 50.9 Å². The molecule has 45 heavy (non-hydrogen) atoms. The highest BCUT2D eigenvalue weighted by molar-refractivity contribution is 5.97. The van der Waals surface area contributed by atoms with Crippen molar-refractivity contribution in [3.63, 3.8) is 0 Å². The van der Waals surface area contributed by atoms with Crippen LogP contribution in [0.25, 0.3) is 22.0 Å². The highest BCUT2D eigenvalue weighted by atomic mass is 19.4. The molecule has 0 atom stereocenters. The zero-order valence-corrected chi connectivity index (χ0v) is 24.0. The number of morpholine rings is 1. The summed E-state index contributed by atoms with van der Waals surface area (Å²) in [5, 5.41) is 9.83. The van der Waals surface area contributed by atoms with Crippen LogP contribution in [0.5, 0.6) is 0 Å². The van der Waals surface area contributed by atoms with Crippen LogP contribution in [0.1, 0.15) is 33.5 Å². The fourth-order valence-electron chi connectivity index (χ4n) is 4.99. The SMILES string of the molecule is Cn1ccc(C(F)(F)F)c(-c2nccc3c(CCC(=O)O)cccc23)c1=O.NC(=O)c1c(F)cc(CN2CCOCC2)cc1F. The zero-order valence-electron chi connectivity index (χ0n) is 24.0. The molecule has 9 nitrogen and oxygen atoms in total. The number of aryl methyl sites for hydroxylation is 2. The van der Waals surface area contributed by atoms with Crippen molar-refractivity contribution in [2.75, 3.05) is 26.3 Å². The van der Waals surface area contributed by atoms with Gasteiger partial charge in [-0.05, 0) is 47.2 Å². The van der Waals surface area contributed by atoms with E-state index in [0.717, 1.165) is 42.1 Å². The first-order chi connectivity index (χ1) is 21.3. The number of carboxylic acids is 1. The molecule has 1 aliphatic rings. The molecule has 2 aromatic carbocycles. The molecular weight excluding hydrogens is 603 g/mol. The van der Waals surface area contributed by atoms with Crippen LogP contribution in [0, 0.1) is 11.6 Å². The molecule has 0 bridgehead atoms. The van der Waals surface area contributed by atoms with E-state index in [1.807, 2.05) is 4.90 Å². The molecule has 0 saturated carbocycles. The quantitative estimate of drug-likeness (QED) is 0.287. The zero-order chi connectivity index (χ0) is 32.9. The number of carbonyl (C=O) groups is 2. The first-order valence-electron chi connectivity index (χ1n) is 13.7. The molecule has 1 aliphatic heterocycles. The van der Waals surface area contributed by atoms with Crippen LogP contribution in [0.4, 0.5) is 22.0 Å². The van der Waals surface area contributed by atoms with E-state index in [1.165, 1.54) is 13.2 Å². The standard InChI is InChI=1S/C19H15F3N2O3.C12H14F2N2O2/c1-24-10-8-14(19(20,21)22)16(18(24)27)17-13-4-2-3-11(5-6-15(25)26)12(13)7-9-23-17;13-9-5-8(6-10(14)11(9)12(15)17)7-16-1-3-18-4-2-16/h2-4,7-10H,5-6H2,1H3,(H,25,26);5-6H,1-4,7H2,(H2,15,17). The van der Waals surface area contributed by atoms with Crippen LogP contribution >= 0.6 is 0 Å². The van der Waals surface area contributed by atoms with Crippen molar-refractivity contribution in [2.24, 2.45) is 12.8 Å². The van der Waals surface area contributed by atoms with Gasteiger partial charge in [-0.2, -0.15) is 13.2 Å². The number of rotatable bonds is 7. The van der Waals surface area contributed by atoms with Gasteiger partial charge in [-0.3, -0.25) is 24.3 Å². The number of pyridine rings is 2. The van der Waals surface area contributed by atoms with Crippen molar-refractivity contribution in [1.82, 2.24) is 14.5 Å². The molecule has 238 valence electrons. The third kappa shape index (κ3) is 7.88. The molecule has 1 fully saturated rings. The minimum absolute atomic E-state index is 0.0711. The molecule has 0 spiro atoms. The largest absolute Gasteiger partial charge is 0.481 e. The number of benzene rings is 2. The molecule has 2 aromatic heterocycles. The van der Waals surface area contributed by atoms with Crippen molar-refractivity contribution in [2.45, 2.75) is 25.6 Å². The second-order valence-electron chi connectivity index (χ2n) is 10.3. The number of hydrogen-bond donors (Lipinski definition) is 2. The summed E-state index contributed by atoms with van der Waals surface area (Å²) >= 11 is 0. The number of alkyl halides is 3. The lowest BCUT2D eigenvalue weighted by atomic mass is 9.96. The van der Waals surface area contributed by atoms with E-state index in [1.54, 1.807) is 24.3 Å². The monoisotopic (exact) mass is 632 g/mol. The van der Waals surface area contributed by atoms with Gasteiger partial charge in [0.2, 0.25) is 0 Å². The predicted octanol–water partition coefficient (Wildman–Crippen LogP) is 4.53. The topological polar surface area (TPSA) is 128 Å². The van der Waals surface area contributed by atoms with Crippen molar-refractivity contribution >= 4 is 22.6 Å². The number of hydrogen-bond acceptors (Lipinski definition) is 6. The molecule has 3 heterocycles. The van der Waals surface area contributed by atoms with E-state index in [2.05, 4.69) is 4.98 Å². The normalized spacial score (nSPS) is 13.7. The lowest BCUT2D eigenvalue weighted by molar-refractivity contribution is -0.138. The molecule has 1 saturated heterocycles. The maximum atomic E-state index is 13.5. The summed E-state index contributed by atoms with van der Waals surface area (Å²) in [5.74, 6) is -3.89. The van der Waals surface area contributed by atoms with E-state index in [4.69, 9.17) is 15.6 Å². The van der Waals surface area contributed by atoms with Crippen LogP contribution < -0.4 is 11.3 Å². The fraction of sp³-hybridized carbons (Fsp3) is 0.290. The van der Waals surface area contributed by atoms with Crippen LogP contribution in [0.3, 0.4) is 0 Å². The summed E-state index contributed by atoms with van der Waals surface area (Å²) in [6.45, 7) is 3.10. The minimum atomic E-state index is -4.71. The Morgan fingerprint density at radius 2 is 1.71 bits per heavy atom. The number of nitrogens with two attached hydrogens (primary N) is 1. The summed E-state index contributed by atoms with van der Waals surface area (Å²) < 4.78 is 73.8. The third-order valence-corrected chi connectivity index (χ3v) is 7.17. The Morgan fingerprint density at radius 3 is 2.31 bits per heavy atom. The van der Waals surface area contributed by atoms with E-state index in [9.17, 15) is 36.3 Å². The van der Waals surface area contributed by atoms with Crippen LogP contribution in [-0.4, -0.2) is 57.7 Å². The highest BCUT2D eigenvalue weighted by Crippen LogP contribution is 2.37. The van der Waals surface area contributed by atoms with Gasteiger partial charge >= 0.3 is 12.1 Å². The van der Waals surface area contributed by atoms with Gasteiger partial charge in [0.15, 0.2) is 0 Å². The summed E-state index contributed by atoms with van der Waals surface area (Å²) in [6.07, 6.45) is -2.22. The number of amides is 1. The second kappa shape index (κ2) is 13.9. The van der Waals surface area contributed by atoms with Gasteiger partial charge in [-0.15, -0.1) is 0 Å². The lowest BCUT2D eigenvalue weighted by Gasteiger charge is -2.26. The number of primary amides is 1. The number of ether oxygens (including phenoxy) is 1. The maximum absolute atomic E-state index is 13.5. The highest BCUT2D eigenvalue weighted by Gasteiger charge is 2.36. The van der Waals surface area contributed by atoms with Crippen LogP contribution in [-0.2, 0) is 35.7 Å². The van der Waals surface area contributed by atoms with Crippen molar-refractivity contribution < 1.29 is 41.4 Å². The average molecular weight is 633 g/mol. The number of fused-ring (bicyclic) bond motifs is 1. The third-order valence-electron chi connectivity index (χ3n) is 7.17. The van der Waals surface area contributed by atoms with Gasteiger partial charge in [-0.25, -0.2) is 8.78 Å². The maximum Gasteiger partial charge on any atom is 0.417 e. The van der Waals surface area contributed by atoms with Gasteiger partial charge in [-0.1, -0.05) is 18.2 Å². The second-order valence-corrected chi connectivity index (χ2v) is 10.3. The van der Waals surface area contributed by atoms with Crippen molar-refractivity contribution in [3.8, 4) is 11.3 Å². The Hall–Kier alpha value is -4.69. The summed E-state index contributed by atoms with van der Waals surface area (Å²) in [7, 11) is 1.37. The first-order valence-corrected chi connectivity index (χ1v) is 13.7. The first kappa shape index (κ1) is 33.2. The van der Waals surface area contributed by atoms with Gasteiger partial charge < -0.3 is 20.1 Å². The Labute approximate surface area is 253 Å². The van der Waals surface area contributed by atoms with Crippen LogP contribution in [0.2, 0.25) is 0 Å². The molecule has 0 unspecified atom stereocenters. The molecule has 5 rings (SSSR count). The summed E-state index contributed by atoms with van der Waals surface area (Å²) in [4.78, 5) is 40.3. The van der Waals surface area contributed by atoms with Gasteiger partial charge in [0.05, 0.1) is 30.0 Å². The van der Waals surface area contributed by atoms with Gasteiger partial charge in [0.25, 0.3) is 11.5 Å². The van der Waals surface area contributed by atoms with Crippen LogP contribution in [0.15, 0.2) is 59.7 Å². The Bertz CT molecular complexity index is 1760. The Balaban J connectivity index is 0.000000222. The number of nitrogens with zero attached hydrogens (tertiary/aromatic N) is 3. The summed E-state index contributed by atoms with van der Waals surface area (Å²) in [6, 6.07) is 9.67. The van der Waals surface area contributed by atoms with E-state index in [-0.39, 0.29) is 18.5 Å². The molecule has 14 heteroatoms. The predicted molar refractivity (Wildman–Crippen MR) is 154 cm³/mol. The smallest absolute Gasteiger partial charge is 0.417 e. The molecule has 4 aromatic rings. The van der Waals surface area contributed by atoms with Crippen molar-refractivity contribution in [1.29, 1.82) is 0 Å². The van der Waals surface area contributed by atoms with E-state index >= 15 is 0 Å². The Morgan fingerprint density at radius 1 is 1.04 bits per heavy atom. The minimum Gasteiger partial charge on any atom is -0.481 e. The lowest BCUT2D eigenvalue weighted by Crippen LogP contribution is -2.35. The molecule has 0 aliphatic carbocycles. The van der Waals surface area contributed by atoms with E-state index in [0.29, 0.717) is 41.7 Å². The Kier molecular flexibility index (Phi) is 10.3. The molecule has 1 amide bonds. The van der Waals surface area contributed by atoms with Crippen molar-refractivity contribution in [3.05, 3.63) is 99.1 Å². The summed E-state index contributed by atoms with van der Waals surface area (Å²) in [5.41, 5.74) is 2.92. The van der Waals surface area contributed by atoms with Gasteiger partial charge in [0.1, 0.15) is 17.2 Å². The molecule has 0 radical (unpaired) electrons. The number of aliphatic carboxylic acids is 1. The molecule has 3 N–H and O–H groups in total. The number of carbonyl (C=O) groups excluding carboxylic acids is 1. The number of carboxylic acid groups (broad SMARTS) is 1. The fourth-order valence-corrected chi connectivity index (χ4v) is 4.99. The molecular formula is C31H29F5N4O5. The number of aromatic nitrogens is 2.